The average molecular weight is 342 g/mol. The van der Waals surface area contributed by atoms with Crippen molar-refractivity contribution in [3.8, 4) is 0 Å². The first-order valence-electron chi connectivity index (χ1n) is 8.70. The molecule has 0 N–H and O–H groups in total. The van der Waals surface area contributed by atoms with Crippen molar-refractivity contribution in [2.45, 2.75) is 70.7 Å². The van der Waals surface area contributed by atoms with E-state index in [1.165, 1.54) is 0 Å². The molecule has 2 saturated heterocycles. The Bertz CT molecular complexity index is 458. The zero-order valence-corrected chi connectivity index (χ0v) is 16.2. The van der Waals surface area contributed by atoms with Crippen LogP contribution < -0.4 is 0 Å². The number of likely N-dealkylation sites (tertiary alicyclic amines) is 1. The minimum Gasteiger partial charge on any atom is -0.465 e. The van der Waals surface area contributed by atoms with E-state index < -0.39 is 8.32 Å². The molecule has 5 nitrogen and oxygen atoms in total. The Labute approximate surface area is 140 Å². The number of ether oxygens (including phenoxy) is 1. The standard InChI is InChI=1S/C17H31NO4Si/c1-17(2,3)23(4,5)22-14-7-6-8-18(11-14)15(19)9-13-10-16(20)21-12-13/h13-14H,6-12H2,1-5H3/t13-,14-/m0/s1. The number of piperidine rings is 1. The van der Waals surface area contributed by atoms with Crippen molar-refractivity contribution < 1.29 is 18.8 Å². The summed E-state index contributed by atoms with van der Waals surface area (Å²) in [6.45, 7) is 13.1. The smallest absolute Gasteiger partial charge is 0.306 e. The van der Waals surface area contributed by atoms with Gasteiger partial charge in [0.15, 0.2) is 8.32 Å². The van der Waals surface area contributed by atoms with Gasteiger partial charge in [-0.05, 0) is 31.0 Å². The van der Waals surface area contributed by atoms with Crippen LogP contribution in [0.15, 0.2) is 0 Å². The van der Waals surface area contributed by atoms with Gasteiger partial charge in [-0.1, -0.05) is 20.8 Å². The third-order valence-corrected chi connectivity index (χ3v) is 9.93. The molecule has 0 radical (unpaired) electrons. The summed E-state index contributed by atoms with van der Waals surface area (Å²) >= 11 is 0. The number of carbonyl (C=O) groups excluding carboxylic acids is 2. The molecule has 132 valence electrons. The Morgan fingerprint density at radius 1 is 1.39 bits per heavy atom. The zero-order valence-electron chi connectivity index (χ0n) is 15.2. The van der Waals surface area contributed by atoms with Gasteiger partial charge >= 0.3 is 5.97 Å². The number of cyclic esters (lactones) is 1. The highest BCUT2D eigenvalue weighted by Gasteiger charge is 2.40. The molecular formula is C17H31NO4Si. The minimum absolute atomic E-state index is 0.0525. The molecular weight excluding hydrogens is 310 g/mol. The van der Waals surface area contributed by atoms with Gasteiger partial charge < -0.3 is 14.1 Å². The van der Waals surface area contributed by atoms with Crippen molar-refractivity contribution in [1.29, 1.82) is 0 Å². The van der Waals surface area contributed by atoms with E-state index in [0.717, 1.165) is 19.4 Å². The zero-order chi connectivity index (χ0) is 17.3. The van der Waals surface area contributed by atoms with Gasteiger partial charge in [-0.25, -0.2) is 0 Å². The second-order valence-electron chi connectivity index (χ2n) is 8.44. The Morgan fingerprint density at radius 2 is 2.09 bits per heavy atom. The molecule has 2 heterocycles. The molecule has 0 bridgehead atoms. The Kier molecular flexibility index (Phi) is 5.56. The second-order valence-corrected chi connectivity index (χ2v) is 13.2. The number of amides is 1. The molecule has 0 spiro atoms. The lowest BCUT2D eigenvalue weighted by Gasteiger charge is -2.42. The molecule has 0 aliphatic carbocycles. The molecule has 0 unspecified atom stereocenters. The van der Waals surface area contributed by atoms with E-state index in [4.69, 9.17) is 9.16 Å². The van der Waals surface area contributed by atoms with E-state index in [9.17, 15) is 9.59 Å². The Balaban J connectivity index is 1.87. The van der Waals surface area contributed by atoms with E-state index >= 15 is 0 Å². The number of esters is 1. The lowest BCUT2D eigenvalue weighted by molar-refractivity contribution is -0.138. The molecule has 0 aromatic rings. The summed E-state index contributed by atoms with van der Waals surface area (Å²) in [6, 6.07) is 0. The SMILES string of the molecule is CC(C)(C)[Si](C)(C)O[C@H]1CCCN(C(=O)C[C@@H]2COC(=O)C2)C1. The van der Waals surface area contributed by atoms with Gasteiger partial charge in [0.1, 0.15) is 0 Å². The van der Waals surface area contributed by atoms with Crippen molar-refractivity contribution in [1.82, 2.24) is 4.90 Å². The molecule has 2 atom stereocenters. The highest BCUT2D eigenvalue weighted by molar-refractivity contribution is 6.74. The number of carbonyl (C=O) groups is 2. The van der Waals surface area contributed by atoms with Crippen LogP contribution in [-0.4, -0.2) is 50.9 Å². The van der Waals surface area contributed by atoms with E-state index in [0.29, 0.717) is 26.0 Å². The van der Waals surface area contributed by atoms with E-state index in [-0.39, 0.29) is 28.9 Å². The lowest BCUT2D eigenvalue weighted by Crippen LogP contribution is -2.50. The number of nitrogens with zero attached hydrogens (tertiary/aromatic N) is 1. The van der Waals surface area contributed by atoms with Crippen molar-refractivity contribution in [3.63, 3.8) is 0 Å². The summed E-state index contributed by atoms with van der Waals surface area (Å²) in [6.07, 6.45) is 2.96. The average Bonchev–Trinajstić information content (AvgIpc) is 2.82. The summed E-state index contributed by atoms with van der Waals surface area (Å²) in [5.41, 5.74) is 0. The molecule has 2 rings (SSSR count). The van der Waals surface area contributed by atoms with Crippen LogP contribution in [0.25, 0.3) is 0 Å². The predicted octanol–water partition coefficient (Wildman–Crippen LogP) is 2.95. The summed E-state index contributed by atoms with van der Waals surface area (Å²) in [4.78, 5) is 25.6. The van der Waals surface area contributed by atoms with Gasteiger partial charge in [0.25, 0.3) is 0 Å². The fourth-order valence-corrected chi connectivity index (χ4v) is 4.31. The van der Waals surface area contributed by atoms with Crippen LogP contribution in [0.3, 0.4) is 0 Å². The van der Waals surface area contributed by atoms with Gasteiger partial charge in [0, 0.05) is 25.4 Å². The highest BCUT2D eigenvalue weighted by atomic mass is 28.4. The van der Waals surface area contributed by atoms with Crippen molar-refractivity contribution >= 4 is 20.2 Å². The molecule has 6 heteroatoms. The fraction of sp³-hybridized carbons (Fsp3) is 0.882. The van der Waals surface area contributed by atoms with Gasteiger partial charge in [0.2, 0.25) is 5.91 Å². The number of hydrogen-bond donors (Lipinski definition) is 0. The Morgan fingerprint density at radius 3 is 2.65 bits per heavy atom. The highest BCUT2D eigenvalue weighted by Crippen LogP contribution is 2.38. The maximum absolute atomic E-state index is 12.5. The van der Waals surface area contributed by atoms with E-state index in [1.54, 1.807) is 0 Å². The molecule has 2 aliphatic rings. The van der Waals surface area contributed by atoms with Crippen molar-refractivity contribution in [2.24, 2.45) is 5.92 Å². The second kappa shape index (κ2) is 6.93. The first-order valence-corrected chi connectivity index (χ1v) is 11.6. The lowest BCUT2D eigenvalue weighted by atomic mass is 10.0. The fourth-order valence-electron chi connectivity index (χ4n) is 2.93. The predicted molar refractivity (Wildman–Crippen MR) is 91.6 cm³/mol. The summed E-state index contributed by atoms with van der Waals surface area (Å²) in [5.74, 6) is 0.00842. The minimum atomic E-state index is -1.80. The van der Waals surface area contributed by atoms with E-state index in [2.05, 4.69) is 33.9 Å². The maximum Gasteiger partial charge on any atom is 0.306 e. The molecule has 0 aromatic carbocycles. The Hall–Kier alpha value is -0.883. The first kappa shape index (κ1) is 18.5. The third kappa shape index (κ3) is 4.80. The normalized spacial score (nSPS) is 26.3. The molecule has 1 amide bonds. The van der Waals surface area contributed by atoms with Crippen LogP contribution in [0.1, 0.15) is 46.5 Å². The largest absolute Gasteiger partial charge is 0.465 e. The van der Waals surface area contributed by atoms with Gasteiger partial charge in [-0.3, -0.25) is 9.59 Å². The maximum atomic E-state index is 12.5. The van der Waals surface area contributed by atoms with E-state index in [1.807, 2.05) is 4.90 Å². The molecule has 0 aromatic heterocycles. The topological polar surface area (TPSA) is 55.8 Å². The molecule has 23 heavy (non-hydrogen) atoms. The summed E-state index contributed by atoms with van der Waals surface area (Å²) in [5, 5.41) is 0.181. The van der Waals surface area contributed by atoms with Crippen LogP contribution in [0.4, 0.5) is 0 Å². The van der Waals surface area contributed by atoms with Gasteiger partial charge in [-0.15, -0.1) is 0 Å². The van der Waals surface area contributed by atoms with Crippen LogP contribution in [0, 0.1) is 5.92 Å². The van der Waals surface area contributed by atoms with Crippen LogP contribution in [0.2, 0.25) is 18.1 Å². The molecule has 2 fully saturated rings. The van der Waals surface area contributed by atoms with Crippen LogP contribution >= 0.6 is 0 Å². The van der Waals surface area contributed by atoms with Crippen molar-refractivity contribution in [3.05, 3.63) is 0 Å². The van der Waals surface area contributed by atoms with Crippen LogP contribution in [0.5, 0.6) is 0 Å². The monoisotopic (exact) mass is 341 g/mol. The number of rotatable bonds is 4. The number of hydrogen-bond acceptors (Lipinski definition) is 4. The molecule has 2 aliphatic heterocycles. The molecule has 0 saturated carbocycles. The van der Waals surface area contributed by atoms with Crippen molar-refractivity contribution in [2.75, 3.05) is 19.7 Å². The summed E-state index contributed by atoms with van der Waals surface area (Å²) in [7, 11) is -1.80. The first-order chi connectivity index (χ1) is 10.6. The quantitative estimate of drug-likeness (QED) is 0.583. The summed E-state index contributed by atoms with van der Waals surface area (Å²) < 4.78 is 11.4. The third-order valence-electron chi connectivity index (χ3n) is 5.40. The van der Waals surface area contributed by atoms with Gasteiger partial charge in [-0.2, -0.15) is 0 Å². The van der Waals surface area contributed by atoms with Crippen LogP contribution in [-0.2, 0) is 18.8 Å². The van der Waals surface area contributed by atoms with Gasteiger partial charge in [0.05, 0.1) is 19.1 Å².